The van der Waals surface area contributed by atoms with Crippen molar-refractivity contribution in [2.75, 3.05) is 7.11 Å². The van der Waals surface area contributed by atoms with Crippen LogP contribution in [0.15, 0.2) is 24.4 Å². The Balaban J connectivity index is 0.000000492. The van der Waals surface area contributed by atoms with Gasteiger partial charge >= 0.3 is 0 Å². The molecule has 2 rings (SSSR count). The van der Waals surface area contributed by atoms with Gasteiger partial charge in [0.1, 0.15) is 11.8 Å². The molecule has 4 heteroatoms. The molecule has 94 valence electrons. The number of ketones is 1. The van der Waals surface area contributed by atoms with Gasteiger partial charge in [-0.25, -0.2) is 0 Å². The number of benzene rings is 1. The van der Waals surface area contributed by atoms with E-state index in [4.69, 9.17) is 10.00 Å². The van der Waals surface area contributed by atoms with Gasteiger partial charge in [0, 0.05) is 17.1 Å². The van der Waals surface area contributed by atoms with Crippen LogP contribution < -0.4 is 4.74 Å². The Morgan fingerprint density at radius 2 is 2.11 bits per heavy atom. The number of ether oxygens (including phenoxy) is 1. The minimum Gasteiger partial charge on any atom is -0.497 e. The Hall–Kier alpha value is -2.28. The molecular formula is C14H16N2O2. The van der Waals surface area contributed by atoms with Gasteiger partial charge in [-0.15, -0.1) is 0 Å². The number of nitriles is 1. The first-order valence-electron chi connectivity index (χ1n) is 5.77. The van der Waals surface area contributed by atoms with Crippen molar-refractivity contribution < 1.29 is 9.53 Å². The van der Waals surface area contributed by atoms with Crippen LogP contribution in [-0.2, 0) is 0 Å². The zero-order chi connectivity index (χ0) is 13.5. The van der Waals surface area contributed by atoms with Crippen molar-refractivity contribution in [1.82, 2.24) is 4.98 Å². The largest absolute Gasteiger partial charge is 0.497 e. The van der Waals surface area contributed by atoms with Gasteiger partial charge in [0.25, 0.3) is 5.78 Å². The molecule has 0 unspecified atom stereocenters. The summed E-state index contributed by atoms with van der Waals surface area (Å²) in [7, 11) is 1.56. The SMILES string of the molecule is CCC.COc1ccc2[nH]cc(C(=O)C#N)c2c1. The fraction of sp³-hybridized carbons (Fsp3) is 0.286. The minimum atomic E-state index is -0.547. The molecule has 0 amide bonds. The lowest BCUT2D eigenvalue weighted by Crippen LogP contribution is -1.92. The van der Waals surface area contributed by atoms with Crippen LogP contribution in [0.5, 0.6) is 5.75 Å². The van der Waals surface area contributed by atoms with E-state index in [1.54, 1.807) is 25.3 Å². The Kier molecular flexibility index (Phi) is 4.94. The highest BCUT2D eigenvalue weighted by Gasteiger charge is 2.11. The Morgan fingerprint density at radius 3 is 2.67 bits per heavy atom. The quantitative estimate of drug-likeness (QED) is 0.651. The normalized spacial score (nSPS) is 9.22. The van der Waals surface area contributed by atoms with Gasteiger partial charge in [-0.05, 0) is 18.2 Å². The Labute approximate surface area is 106 Å². The van der Waals surface area contributed by atoms with E-state index < -0.39 is 5.78 Å². The maximum absolute atomic E-state index is 11.3. The predicted molar refractivity (Wildman–Crippen MR) is 70.8 cm³/mol. The molecule has 4 nitrogen and oxygen atoms in total. The monoisotopic (exact) mass is 244 g/mol. The molecule has 1 aromatic carbocycles. The summed E-state index contributed by atoms with van der Waals surface area (Å²) in [6, 6.07) is 6.93. The molecular weight excluding hydrogens is 228 g/mol. The summed E-state index contributed by atoms with van der Waals surface area (Å²) in [6.45, 7) is 4.25. The zero-order valence-electron chi connectivity index (χ0n) is 10.8. The highest BCUT2D eigenvalue weighted by atomic mass is 16.5. The lowest BCUT2D eigenvalue weighted by Gasteiger charge is -1.99. The third-order valence-corrected chi connectivity index (χ3v) is 2.24. The molecule has 0 radical (unpaired) electrons. The number of hydrogen-bond donors (Lipinski definition) is 1. The predicted octanol–water partition coefficient (Wildman–Crippen LogP) is 3.30. The summed E-state index contributed by atoms with van der Waals surface area (Å²) in [5, 5.41) is 9.26. The van der Waals surface area contributed by atoms with E-state index in [2.05, 4.69) is 18.8 Å². The lowest BCUT2D eigenvalue weighted by atomic mass is 10.1. The molecule has 0 aliphatic heterocycles. The molecule has 0 saturated carbocycles. The van der Waals surface area contributed by atoms with Crippen molar-refractivity contribution in [1.29, 1.82) is 5.26 Å². The van der Waals surface area contributed by atoms with E-state index in [1.165, 1.54) is 12.6 Å². The number of nitrogens with zero attached hydrogens (tertiary/aromatic N) is 1. The summed E-state index contributed by atoms with van der Waals surface area (Å²) in [5.41, 5.74) is 1.20. The van der Waals surface area contributed by atoms with Crippen LogP contribution in [0.25, 0.3) is 10.9 Å². The summed E-state index contributed by atoms with van der Waals surface area (Å²) >= 11 is 0. The van der Waals surface area contributed by atoms with Gasteiger partial charge in [-0.3, -0.25) is 4.79 Å². The molecule has 1 heterocycles. The van der Waals surface area contributed by atoms with Crippen molar-refractivity contribution in [3.05, 3.63) is 30.0 Å². The first-order chi connectivity index (χ1) is 8.67. The third kappa shape index (κ3) is 2.89. The summed E-state index contributed by atoms with van der Waals surface area (Å²) in [5.74, 6) is 0.114. The molecule has 1 N–H and O–H groups in total. The topological polar surface area (TPSA) is 65.9 Å². The standard InChI is InChI=1S/C11H8N2O2.C3H8/c1-15-7-2-3-10-8(4-7)9(6-13-10)11(14)5-12;1-3-2/h2-4,6,13H,1H3;3H2,1-2H3. The van der Waals surface area contributed by atoms with Gasteiger partial charge in [0.05, 0.1) is 12.7 Å². The van der Waals surface area contributed by atoms with Crippen LogP contribution >= 0.6 is 0 Å². The highest BCUT2D eigenvalue weighted by Crippen LogP contribution is 2.23. The molecule has 0 bridgehead atoms. The van der Waals surface area contributed by atoms with Crippen molar-refractivity contribution in [2.24, 2.45) is 0 Å². The summed E-state index contributed by atoms with van der Waals surface area (Å²) < 4.78 is 5.05. The van der Waals surface area contributed by atoms with Crippen molar-refractivity contribution in [2.45, 2.75) is 20.3 Å². The van der Waals surface area contributed by atoms with E-state index in [0.717, 1.165) is 5.52 Å². The van der Waals surface area contributed by atoms with Crippen LogP contribution in [0.1, 0.15) is 30.6 Å². The molecule has 2 aromatic rings. The van der Waals surface area contributed by atoms with Gasteiger partial charge in [0.2, 0.25) is 0 Å². The van der Waals surface area contributed by atoms with Crippen LogP contribution in [0.4, 0.5) is 0 Å². The van der Waals surface area contributed by atoms with E-state index in [1.807, 2.05) is 6.07 Å². The first kappa shape index (κ1) is 13.8. The number of nitrogens with one attached hydrogen (secondary N) is 1. The first-order valence-corrected chi connectivity index (χ1v) is 5.77. The van der Waals surface area contributed by atoms with Crippen molar-refractivity contribution in [3.8, 4) is 11.8 Å². The van der Waals surface area contributed by atoms with Crippen LogP contribution in [0, 0.1) is 11.3 Å². The number of carbonyl (C=O) groups excluding carboxylic acids is 1. The van der Waals surface area contributed by atoms with Gasteiger partial charge in [-0.2, -0.15) is 5.26 Å². The van der Waals surface area contributed by atoms with Crippen LogP contribution in [0.2, 0.25) is 0 Å². The minimum absolute atomic E-state index is 0.381. The average Bonchev–Trinajstić information content (AvgIpc) is 2.81. The molecule has 0 saturated heterocycles. The second-order valence-corrected chi connectivity index (χ2v) is 3.76. The molecule has 0 aliphatic carbocycles. The number of aromatic nitrogens is 1. The van der Waals surface area contributed by atoms with E-state index in [9.17, 15) is 4.79 Å². The van der Waals surface area contributed by atoms with Gasteiger partial charge < -0.3 is 9.72 Å². The molecule has 0 spiro atoms. The molecule has 0 atom stereocenters. The number of fused-ring (bicyclic) bond motifs is 1. The van der Waals surface area contributed by atoms with Crippen molar-refractivity contribution >= 4 is 16.7 Å². The van der Waals surface area contributed by atoms with E-state index in [-0.39, 0.29) is 0 Å². The number of methoxy groups -OCH3 is 1. The second-order valence-electron chi connectivity index (χ2n) is 3.76. The molecule has 18 heavy (non-hydrogen) atoms. The third-order valence-electron chi connectivity index (χ3n) is 2.24. The van der Waals surface area contributed by atoms with Crippen molar-refractivity contribution in [3.63, 3.8) is 0 Å². The number of rotatable bonds is 2. The number of H-pyrrole nitrogens is 1. The number of Topliss-reactive ketones (excluding diaryl/α,β-unsaturated/α-hetero) is 1. The zero-order valence-corrected chi connectivity index (χ0v) is 10.8. The van der Waals surface area contributed by atoms with Gasteiger partial charge in [-0.1, -0.05) is 20.3 Å². The highest BCUT2D eigenvalue weighted by molar-refractivity contribution is 6.15. The summed E-state index contributed by atoms with van der Waals surface area (Å²) in [4.78, 5) is 14.2. The van der Waals surface area contributed by atoms with E-state index in [0.29, 0.717) is 16.7 Å². The maximum atomic E-state index is 11.3. The van der Waals surface area contributed by atoms with E-state index >= 15 is 0 Å². The summed E-state index contributed by atoms with van der Waals surface area (Å²) in [6.07, 6.45) is 2.79. The lowest BCUT2D eigenvalue weighted by molar-refractivity contribution is 0.105. The number of carbonyl (C=O) groups is 1. The Bertz CT molecular complexity index is 579. The number of aromatic amines is 1. The number of hydrogen-bond acceptors (Lipinski definition) is 3. The Morgan fingerprint density at radius 1 is 1.44 bits per heavy atom. The molecule has 1 aromatic heterocycles. The fourth-order valence-electron chi connectivity index (χ4n) is 1.47. The van der Waals surface area contributed by atoms with Gasteiger partial charge in [0.15, 0.2) is 0 Å². The fourth-order valence-corrected chi connectivity index (χ4v) is 1.47. The average molecular weight is 244 g/mol. The maximum Gasteiger partial charge on any atom is 0.264 e. The smallest absolute Gasteiger partial charge is 0.264 e. The van der Waals surface area contributed by atoms with Crippen LogP contribution in [-0.4, -0.2) is 17.9 Å². The second kappa shape index (κ2) is 6.45. The van der Waals surface area contributed by atoms with Crippen LogP contribution in [0.3, 0.4) is 0 Å². The molecule has 0 fully saturated rings. The molecule has 0 aliphatic rings.